The van der Waals surface area contributed by atoms with Crippen molar-refractivity contribution in [3.05, 3.63) is 0 Å². The van der Waals surface area contributed by atoms with E-state index in [0.717, 1.165) is 0 Å². The molecule has 0 aliphatic rings. The van der Waals surface area contributed by atoms with Gasteiger partial charge in [-0.3, -0.25) is 9.59 Å². The van der Waals surface area contributed by atoms with Gasteiger partial charge in [0.15, 0.2) is 6.10 Å². The maximum atomic E-state index is 11.2. The first-order chi connectivity index (χ1) is 9.87. The van der Waals surface area contributed by atoms with Gasteiger partial charge in [-0.1, -0.05) is 0 Å². The lowest BCUT2D eigenvalue weighted by Gasteiger charge is -2.33. The lowest BCUT2D eigenvalue weighted by atomic mass is 10.0. The van der Waals surface area contributed by atoms with Gasteiger partial charge in [0.2, 0.25) is 0 Å². The van der Waals surface area contributed by atoms with Crippen LogP contribution in [0.15, 0.2) is 0 Å². The summed E-state index contributed by atoms with van der Waals surface area (Å²) in [6, 6.07) is 0. The van der Waals surface area contributed by atoms with Crippen LogP contribution < -0.4 is 0 Å². The van der Waals surface area contributed by atoms with Gasteiger partial charge in [0.25, 0.3) is 0 Å². The zero-order valence-corrected chi connectivity index (χ0v) is 13.0. The molecular weight excluding hydrogens is 284 g/mol. The first-order valence-corrected chi connectivity index (χ1v) is 6.40. The predicted molar refractivity (Wildman–Crippen MR) is 71.7 cm³/mol. The smallest absolute Gasteiger partial charge is 0.303 e. The van der Waals surface area contributed by atoms with Gasteiger partial charge in [-0.05, 0) is 0 Å². The summed E-state index contributed by atoms with van der Waals surface area (Å²) in [6.45, 7) is 2.33. The maximum Gasteiger partial charge on any atom is 0.303 e. The normalized spacial score (nSPS) is 16.7. The molecule has 0 rings (SSSR count). The molecule has 8 nitrogen and oxygen atoms in total. The average molecular weight is 308 g/mol. The highest BCUT2D eigenvalue weighted by Crippen LogP contribution is 2.16. The van der Waals surface area contributed by atoms with Crippen LogP contribution >= 0.6 is 0 Å². The molecule has 0 radical (unpaired) electrons. The second kappa shape index (κ2) is 10.5. The largest absolute Gasteiger partial charge is 0.463 e. The molecule has 0 unspecified atom stereocenters. The molecular formula is C13H24O8. The number of methoxy groups -OCH3 is 3. The maximum absolute atomic E-state index is 11.2. The van der Waals surface area contributed by atoms with Gasteiger partial charge >= 0.3 is 11.9 Å². The number of carbonyl (C=O) groups excluding carboxylic acids is 2. The van der Waals surface area contributed by atoms with Crippen molar-refractivity contribution in [1.29, 1.82) is 0 Å². The quantitative estimate of drug-likeness (QED) is 0.540. The van der Waals surface area contributed by atoms with Crippen molar-refractivity contribution >= 4 is 11.9 Å². The van der Waals surface area contributed by atoms with Crippen LogP contribution in [0.4, 0.5) is 0 Å². The fourth-order valence-electron chi connectivity index (χ4n) is 1.82. The highest BCUT2D eigenvalue weighted by molar-refractivity contribution is 5.66. The van der Waals surface area contributed by atoms with E-state index in [0.29, 0.717) is 0 Å². The second-order valence-corrected chi connectivity index (χ2v) is 4.37. The van der Waals surface area contributed by atoms with Gasteiger partial charge in [-0.2, -0.15) is 0 Å². The highest BCUT2D eigenvalue weighted by atomic mass is 16.6. The molecule has 0 aliphatic heterocycles. The molecule has 0 aromatic heterocycles. The molecule has 8 heteroatoms. The molecule has 21 heavy (non-hydrogen) atoms. The van der Waals surface area contributed by atoms with Crippen LogP contribution in [0, 0.1) is 0 Å². The average Bonchev–Trinajstić information content (AvgIpc) is 2.41. The van der Waals surface area contributed by atoms with Crippen LogP contribution in [-0.4, -0.2) is 76.0 Å². The van der Waals surface area contributed by atoms with Crippen LogP contribution in [0.1, 0.15) is 13.8 Å². The van der Waals surface area contributed by atoms with Crippen molar-refractivity contribution in [3.8, 4) is 0 Å². The molecule has 4 atom stereocenters. The number of carbonyl (C=O) groups is 2. The highest BCUT2D eigenvalue weighted by Gasteiger charge is 2.37. The van der Waals surface area contributed by atoms with Gasteiger partial charge in [-0.25, -0.2) is 0 Å². The first kappa shape index (κ1) is 19.8. The standard InChI is InChI=1S/C13H24O8/c1-8(14)20-7-11(18-4)13(19-5)12(21-9(2)15)10(16)6-17-3/h10-13,16H,6-7H2,1-5H3/t10-,11+,12+,13-/m1/s1. The van der Waals surface area contributed by atoms with Crippen LogP contribution in [0.3, 0.4) is 0 Å². The Morgan fingerprint density at radius 3 is 1.95 bits per heavy atom. The molecule has 0 fully saturated rings. The fraction of sp³-hybridized carbons (Fsp3) is 0.846. The Balaban J connectivity index is 5.05. The van der Waals surface area contributed by atoms with Gasteiger partial charge in [0, 0.05) is 35.2 Å². The Kier molecular flexibility index (Phi) is 9.89. The fourth-order valence-corrected chi connectivity index (χ4v) is 1.82. The molecule has 0 aromatic rings. The Morgan fingerprint density at radius 2 is 1.57 bits per heavy atom. The Labute approximate surface area is 124 Å². The predicted octanol–water partition coefficient (Wildman–Crippen LogP) is -0.481. The summed E-state index contributed by atoms with van der Waals surface area (Å²) < 4.78 is 25.3. The lowest BCUT2D eigenvalue weighted by Crippen LogP contribution is -2.51. The third-order valence-electron chi connectivity index (χ3n) is 2.73. The summed E-state index contributed by atoms with van der Waals surface area (Å²) >= 11 is 0. The minimum absolute atomic E-state index is 0.0538. The van der Waals surface area contributed by atoms with E-state index < -0.39 is 36.4 Å². The number of esters is 2. The Morgan fingerprint density at radius 1 is 0.952 bits per heavy atom. The molecule has 0 heterocycles. The van der Waals surface area contributed by atoms with Crippen molar-refractivity contribution in [2.45, 2.75) is 38.3 Å². The van der Waals surface area contributed by atoms with Crippen LogP contribution in [0.2, 0.25) is 0 Å². The van der Waals surface area contributed by atoms with E-state index in [4.69, 9.17) is 23.7 Å². The van der Waals surface area contributed by atoms with Gasteiger partial charge < -0.3 is 28.8 Å². The van der Waals surface area contributed by atoms with Crippen molar-refractivity contribution in [3.63, 3.8) is 0 Å². The molecule has 0 aromatic carbocycles. The number of aliphatic hydroxyl groups is 1. The monoisotopic (exact) mass is 308 g/mol. The summed E-state index contributed by atoms with van der Waals surface area (Å²) in [4.78, 5) is 22.1. The number of hydrogen-bond acceptors (Lipinski definition) is 8. The summed E-state index contributed by atoms with van der Waals surface area (Å²) in [5, 5.41) is 10.0. The van der Waals surface area contributed by atoms with E-state index >= 15 is 0 Å². The van der Waals surface area contributed by atoms with Gasteiger partial charge in [0.05, 0.1) is 6.61 Å². The lowest BCUT2D eigenvalue weighted by molar-refractivity contribution is -0.186. The summed E-state index contributed by atoms with van der Waals surface area (Å²) in [5.41, 5.74) is 0. The zero-order chi connectivity index (χ0) is 16.4. The molecule has 1 N–H and O–H groups in total. The van der Waals surface area contributed by atoms with E-state index in [1.54, 1.807) is 0 Å². The topological polar surface area (TPSA) is 101 Å². The molecule has 0 aliphatic carbocycles. The van der Waals surface area contributed by atoms with E-state index in [-0.39, 0.29) is 13.2 Å². The molecule has 0 bridgehead atoms. The first-order valence-electron chi connectivity index (χ1n) is 6.40. The van der Waals surface area contributed by atoms with Crippen LogP contribution in [-0.2, 0) is 33.3 Å². The van der Waals surface area contributed by atoms with Crippen molar-refractivity contribution in [2.24, 2.45) is 0 Å². The van der Waals surface area contributed by atoms with Crippen LogP contribution in [0.5, 0.6) is 0 Å². The van der Waals surface area contributed by atoms with E-state index in [1.807, 2.05) is 0 Å². The van der Waals surface area contributed by atoms with Gasteiger partial charge in [0.1, 0.15) is 24.9 Å². The Hall–Kier alpha value is -1.22. The molecule has 0 saturated heterocycles. The number of rotatable bonds is 10. The molecule has 0 saturated carbocycles. The number of ether oxygens (including phenoxy) is 5. The molecule has 124 valence electrons. The Bertz CT molecular complexity index is 319. The zero-order valence-electron chi connectivity index (χ0n) is 13.0. The van der Waals surface area contributed by atoms with Gasteiger partial charge in [-0.15, -0.1) is 0 Å². The SMILES string of the molecule is COC[C@@H](O)[C@H](OC(C)=O)[C@H](OC)[C@H](COC(C)=O)OC. The summed E-state index contributed by atoms with van der Waals surface area (Å²) in [6.07, 6.45) is -3.68. The van der Waals surface area contributed by atoms with E-state index in [2.05, 4.69) is 0 Å². The second-order valence-electron chi connectivity index (χ2n) is 4.37. The minimum atomic E-state index is -1.11. The van der Waals surface area contributed by atoms with Crippen molar-refractivity contribution < 1.29 is 38.4 Å². The number of hydrogen-bond donors (Lipinski definition) is 1. The minimum Gasteiger partial charge on any atom is -0.463 e. The van der Waals surface area contributed by atoms with Crippen LogP contribution in [0.25, 0.3) is 0 Å². The third kappa shape index (κ3) is 7.37. The molecule has 0 amide bonds. The summed E-state index contributed by atoms with van der Waals surface area (Å²) in [5.74, 6) is -1.06. The van der Waals surface area contributed by atoms with Crippen molar-refractivity contribution in [2.75, 3.05) is 34.5 Å². The van der Waals surface area contributed by atoms with E-state index in [1.165, 1.54) is 35.2 Å². The summed E-state index contributed by atoms with van der Waals surface area (Å²) in [7, 11) is 4.18. The molecule has 0 spiro atoms. The van der Waals surface area contributed by atoms with Crippen molar-refractivity contribution in [1.82, 2.24) is 0 Å². The third-order valence-corrected chi connectivity index (χ3v) is 2.73. The van der Waals surface area contributed by atoms with E-state index in [9.17, 15) is 14.7 Å². The number of aliphatic hydroxyl groups excluding tert-OH is 1.